The maximum absolute atomic E-state index is 11.6. The second kappa shape index (κ2) is 17.1. The second-order valence-corrected chi connectivity index (χ2v) is 6.84. The van der Waals surface area contributed by atoms with Crippen molar-refractivity contribution in [2.24, 2.45) is 0 Å². The Morgan fingerprint density at radius 3 is 1.53 bits per heavy atom. The van der Waals surface area contributed by atoms with Crippen molar-refractivity contribution in [1.82, 2.24) is 0 Å². The summed E-state index contributed by atoms with van der Waals surface area (Å²) in [6.45, 7) is 0. The van der Waals surface area contributed by atoms with Crippen LogP contribution < -0.4 is 5.11 Å². The number of carbonyl (C=O) groups excluding carboxylic acids is 4. The standard InChI is InChI=1S/C20H31NO9/c21-15(29-18(26)11-7-3-1-5-9-16(22)23)13-14-20(28)30-19(27)12-8-4-2-6-10-17(24)25/h21H,1-14H2,(H,22,23)(H,24,25)/p-1. The molecule has 0 aliphatic heterocycles. The van der Waals surface area contributed by atoms with Crippen LogP contribution in [0.5, 0.6) is 0 Å². The maximum atomic E-state index is 11.6. The van der Waals surface area contributed by atoms with Gasteiger partial charge in [0.25, 0.3) is 0 Å². The molecule has 170 valence electrons. The number of carboxylic acids is 2. The molecule has 0 heterocycles. The largest absolute Gasteiger partial charge is 0.550 e. The lowest BCUT2D eigenvalue weighted by atomic mass is 10.1. The molecule has 0 unspecified atom stereocenters. The molecule has 0 aromatic heterocycles. The van der Waals surface area contributed by atoms with Crippen molar-refractivity contribution in [1.29, 1.82) is 5.41 Å². The van der Waals surface area contributed by atoms with Crippen LogP contribution >= 0.6 is 0 Å². The van der Waals surface area contributed by atoms with Crippen molar-refractivity contribution in [2.45, 2.75) is 89.9 Å². The van der Waals surface area contributed by atoms with Crippen molar-refractivity contribution in [3.8, 4) is 0 Å². The van der Waals surface area contributed by atoms with E-state index in [9.17, 15) is 29.1 Å². The molecular formula is C20H30NO9-. The van der Waals surface area contributed by atoms with Gasteiger partial charge in [0.05, 0.1) is 6.42 Å². The zero-order valence-electron chi connectivity index (χ0n) is 17.1. The lowest BCUT2D eigenvalue weighted by molar-refractivity contribution is -0.305. The van der Waals surface area contributed by atoms with Gasteiger partial charge in [0.2, 0.25) is 0 Å². The highest BCUT2D eigenvalue weighted by atomic mass is 16.6. The van der Waals surface area contributed by atoms with Gasteiger partial charge in [0.15, 0.2) is 5.90 Å². The predicted octanol–water partition coefficient (Wildman–Crippen LogP) is 1.87. The van der Waals surface area contributed by atoms with E-state index in [1.54, 1.807) is 0 Å². The Kier molecular flexibility index (Phi) is 15.5. The van der Waals surface area contributed by atoms with Gasteiger partial charge in [-0.15, -0.1) is 0 Å². The molecule has 0 bridgehead atoms. The third-order valence-electron chi connectivity index (χ3n) is 4.05. The van der Waals surface area contributed by atoms with E-state index in [0.29, 0.717) is 51.4 Å². The van der Waals surface area contributed by atoms with Gasteiger partial charge in [0, 0.05) is 31.7 Å². The van der Waals surface area contributed by atoms with Crippen LogP contribution in [0.25, 0.3) is 0 Å². The number of hydrogen-bond acceptors (Lipinski definition) is 9. The zero-order chi connectivity index (χ0) is 22.8. The predicted molar refractivity (Wildman–Crippen MR) is 102 cm³/mol. The van der Waals surface area contributed by atoms with Gasteiger partial charge in [-0.1, -0.05) is 25.7 Å². The van der Waals surface area contributed by atoms with Crippen molar-refractivity contribution in [3.63, 3.8) is 0 Å². The number of aliphatic carboxylic acids is 2. The molecule has 0 rings (SSSR count). The number of ether oxygens (including phenoxy) is 2. The summed E-state index contributed by atoms with van der Waals surface area (Å²) in [5.41, 5.74) is 0. The van der Waals surface area contributed by atoms with Crippen molar-refractivity contribution < 1.29 is 43.7 Å². The average molecular weight is 428 g/mol. The Bertz CT molecular complexity index is 549. The van der Waals surface area contributed by atoms with Gasteiger partial charge < -0.3 is 24.5 Å². The molecule has 0 aliphatic carbocycles. The second-order valence-electron chi connectivity index (χ2n) is 6.84. The van der Waals surface area contributed by atoms with Crippen LogP contribution in [0.1, 0.15) is 89.9 Å². The van der Waals surface area contributed by atoms with E-state index in [1.165, 1.54) is 0 Å². The van der Waals surface area contributed by atoms with Gasteiger partial charge in [0.1, 0.15) is 0 Å². The molecule has 10 nitrogen and oxygen atoms in total. The van der Waals surface area contributed by atoms with Crippen molar-refractivity contribution in [3.05, 3.63) is 0 Å². The average Bonchev–Trinajstić information content (AvgIpc) is 2.65. The number of unbranched alkanes of at least 4 members (excludes halogenated alkanes) is 6. The zero-order valence-corrected chi connectivity index (χ0v) is 17.1. The number of esters is 3. The Morgan fingerprint density at radius 2 is 1.03 bits per heavy atom. The summed E-state index contributed by atoms with van der Waals surface area (Å²) in [5.74, 6) is -4.44. The summed E-state index contributed by atoms with van der Waals surface area (Å²) < 4.78 is 9.39. The Balaban J connectivity index is 3.73. The highest BCUT2D eigenvalue weighted by molar-refractivity contribution is 5.90. The normalized spacial score (nSPS) is 10.3. The van der Waals surface area contributed by atoms with Crippen LogP contribution in [0.4, 0.5) is 0 Å². The van der Waals surface area contributed by atoms with E-state index in [4.69, 9.17) is 15.3 Å². The smallest absolute Gasteiger partial charge is 0.313 e. The maximum Gasteiger partial charge on any atom is 0.313 e. The highest BCUT2D eigenvalue weighted by Gasteiger charge is 2.13. The first kappa shape index (κ1) is 27.2. The summed E-state index contributed by atoms with van der Waals surface area (Å²) in [5, 5.41) is 26.3. The topological polar surface area (TPSA) is 171 Å². The highest BCUT2D eigenvalue weighted by Crippen LogP contribution is 2.08. The van der Waals surface area contributed by atoms with Gasteiger partial charge in [-0.05, 0) is 32.1 Å². The lowest BCUT2D eigenvalue weighted by Crippen LogP contribution is -2.21. The lowest BCUT2D eigenvalue weighted by Gasteiger charge is -2.06. The minimum absolute atomic E-state index is 0.0134. The molecule has 0 atom stereocenters. The van der Waals surface area contributed by atoms with Crippen LogP contribution in [0.15, 0.2) is 0 Å². The number of carbonyl (C=O) groups is 5. The minimum atomic E-state index is -1.10. The van der Waals surface area contributed by atoms with Crippen LogP contribution in [-0.2, 0) is 33.4 Å². The number of rotatable bonds is 17. The van der Waals surface area contributed by atoms with Crippen molar-refractivity contribution >= 4 is 35.7 Å². The van der Waals surface area contributed by atoms with Gasteiger partial charge in [-0.3, -0.25) is 24.6 Å². The summed E-state index contributed by atoms with van der Waals surface area (Å²) in [4.78, 5) is 55.3. The van der Waals surface area contributed by atoms with E-state index in [-0.39, 0.29) is 44.4 Å². The van der Waals surface area contributed by atoms with Gasteiger partial charge in [-0.25, -0.2) is 0 Å². The first-order valence-corrected chi connectivity index (χ1v) is 10.1. The number of hydrogen-bond donors (Lipinski definition) is 2. The molecule has 0 aliphatic rings. The summed E-state index contributed by atoms with van der Waals surface area (Å²) in [7, 11) is 0. The van der Waals surface area contributed by atoms with Crippen LogP contribution in [0.3, 0.4) is 0 Å². The Labute approximate surface area is 175 Å². The molecule has 30 heavy (non-hydrogen) atoms. The molecule has 10 heteroatoms. The molecule has 0 amide bonds. The third-order valence-corrected chi connectivity index (χ3v) is 4.05. The first-order valence-electron chi connectivity index (χ1n) is 10.1. The molecule has 0 aromatic rings. The molecular weight excluding hydrogens is 398 g/mol. The molecule has 0 fully saturated rings. The fraction of sp³-hybridized carbons (Fsp3) is 0.700. The van der Waals surface area contributed by atoms with E-state index in [1.807, 2.05) is 0 Å². The molecule has 0 aromatic carbocycles. The Hall–Kier alpha value is -2.78. The van der Waals surface area contributed by atoms with E-state index < -0.39 is 29.8 Å². The SMILES string of the molecule is N=C(CCC(=O)OC(=O)CCCCCCC(=O)O)OC(=O)CCCCCCC(=O)[O-]. The van der Waals surface area contributed by atoms with Crippen LogP contribution in [0.2, 0.25) is 0 Å². The van der Waals surface area contributed by atoms with Crippen LogP contribution in [-0.4, -0.2) is 40.9 Å². The number of carboxylic acid groups (broad SMARTS) is 2. The van der Waals surface area contributed by atoms with Gasteiger partial charge in [-0.2, -0.15) is 0 Å². The molecule has 2 N–H and O–H groups in total. The third kappa shape index (κ3) is 18.6. The number of nitrogens with one attached hydrogen (secondary N) is 1. The van der Waals surface area contributed by atoms with Gasteiger partial charge >= 0.3 is 23.9 Å². The molecule has 0 radical (unpaired) electrons. The van der Waals surface area contributed by atoms with E-state index >= 15 is 0 Å². The quantitative estimate of drug-likeness (QED) is 0.115. The molecule has 0 saturated heterocycles. The summed E-state index contributed by atoms with van der Waals surface area (Å²) >= 11 is 0. The minimum Gasteiger partial charge on any atom is -0.550 e. The Morgan fingerprint density at radius 1 is 0.600 bits per heavy atom. The van der Waals surface area contributed by atoms with Crippen LogP contribution in [0, 0.1) is 5.41 Å². The van der Waals surface area contributed by atoms with Crippen molar-refractivity contribution in [2.75, 3.05) is 0 Å². The molecule has 0 spiro atoms. The first-order chi connectivity index (χ1) is 14.2. The molecule has 0 saturated carbocycles. The van der Waals surface area contributed by atoms with E-state index in [2.05, 4.69) is 4.74 Å². The summed E-state index contributed by atoms with van der Waals surface area (Å²) in [6.07, 6.45) is 4.44. The fourth-order valence-electron chi connectivity index (χ4n) is 2.48. The summed E-state index contributed by atoms with van der Waals surface area (Å²) in [6, 6.07) is 0. The van der Waals surface area contributed by atoms with E-state index in [0.717, 1.165) is 0 Å². The fourth-order valence-corrected chi connectivity index (χ4v) is 2.48. The monoisotopic (exact) mass is 428 g/mol.